The van der Waals surface area contributed by atoms with E-state index in [0.717, 1.165) is 47.8 Å². The average molecular weight is 380 g/mol. The first kappa shape index (κ1) is 18.5. The van der Waals surface area contributed by atoms with Crippen LogP contribution in [0.25, 0.3) is 0 Å². The van der Waals surface area contributed by atoms with Gasteiger partial charge in [-0.2, -0.15) is 0 Å². The molecule has 1 amide bonds. The zero-order valence-electron chi connectivity index (χ0n) is 14.9. The summed E-state index contributed by atoms with van der Waals surface area (Å²) in [6, 6.07) is 1.99. The SMILES string of the molecule is Cc1csc(SC2CCC(NC(=O)c3cc(CC(C)C)no3)CC2)n1. The van der Waals surface area contributed by atoms with Crippen LogP contribution in [-0.4, -0.2) is 27.3 Å². The van der Waals surface area contributed by atoms with Crippen LogP contribution in [0.4, 0.5) is 0 Å². The van der Waals surface area contributed by atoms with Gasteiger partial charge in [-0.3, -0.25) is 4.79 Å². The number of nitrogens with one attached hydrogen (secondary N) is 1. The smallest absolute Gasteiger partial charge is 0.290 e. The number of carbonyl (C=O) groups excluding carboxylic acids is 1. The van der Waals surface area contributed by atoms with E-state index in [1.807, 2.05) is 18.7 Å². The maximum Gasteiger partial charge on any atom is 0.290 e. The molecular weight excluding hydrogens is 354 g/mol. The molecule has 0 bridgehead atoms. The molecule has 0 aliphatic heterocycles. The highest BCUT2D eigenvalue weighted by atomic mass is 32.2. The predicted octanol–water partition coefficient (Wildman–Crippen LogP) is 4.47. The molecule has 0 unspecified atom stereocenters. The second kappa shape index (κ2) is 8.36. The number of carbonyl (C=O) groups is 1. The van der Waals surface area contributed by atoms with Crippen LogP contribution >= 0.6 is 23.1 Å². The third kappa shape index (κ3) is 5.31. The maximum atomic E-state index is 12.3. The van der Waals surface area contributed by atoms with Gasteiger partial charge in [0.25, 0.3) is 5.91 Å². The van der Waals surface area contributed by atoms with Crippen molar-refractivity contribution in [3.63, 3.8) is 0 Å². The summed E-state index contributed by atoms with van der Waals surface area (Å²) in [5.74, 6) is 0.676. The lowest BCUT2D eigenvalue weighted by atomic mass is 9.95. The number of thioether (sulfide) groups is 1. The second-order valence-corrected chi connectivity index (χ2v) is 9.51. The molecule has 1 N–H and O–H groups in total. The molecule has 1 aliphatic carbocycles. The normalized spacial score (nSPS) is 20.8. The number of hydrogen-bond acceptors (Lipinski definition) is 6. The van der Waals surface area contributed by atoms with E-state index in [1.165, 1.54) is 0 Å². The summed E-state index contributed by atoms with van der Waals surface area (Å²) < 4.78 is 6.36. The van der Waals surface area contributed by atoms with Crippen LogP contribution in [0.2, 0.25) is 0 Å². The minimum absolute atomic E-state index is 0.144. The van der Waals surface area contributed by atoms with Gasteiger partial charge in [0.1, 0.15) is 4.34 Å². The molecule has 2 aromatic heterocycles. The van der Waals surface area contributed by atoms with Gasteiger partial charge in [0.05, 0.1) is 5.69 Å². The van der Waals surface area contributed by atoms with E-state index < -0.39 is 0 Å². The van der Waals surface area contributed by atoms with Gasteiger partial charge in [-0.05, 0) is 44.9 Å². The van der Waals surface area contributed by atoms with Gasteiger partial charge < -0.3 is 9.84 Å². The van der Waals surface area contributed by atoms with E-state index in [4.69, 9.17) is 4.52 Å². The summed E-state index contributed by atoms with van der Waals surface area (Å²) in [7, 11) is 0. The average Bonchev–Trinajstić information content (AvgIpc) is 3.18. The fourth-order valence-electron chi connectivity index (χ4n) is 3.04. The van der Waals surface area contributed by atoms with Crippen molar-refractivity contribution in [2.45, 2.75) is 68.5 Å². The number of thiazole rings is 1. The van der Waals surface area contributed by atoms with Gasteiger partial charge in [0.15, 0.2) is 0 Å². The Bertz CT molecular complexity index is 703. The first-order chi connectivity index (χ1) is 12.0. The van der Waals surface area contributed by atoms with Crippen molar-refractivity contribution in [1.82, 2.24) is 15.5 Å². The van der Waals surface area contributed by atoms with Crippen LogP contribution in [-0.2, 0) is 6.42 Å². The summed E-state index contributed by atoms with van der Waals surface area (Å²) in [5, 5.41) is 9.78. The molecule has 25 heavy (non-hydrogen) atoms. The molecule has 0 atom stereocenters. The zero-order chi connectivity index (χ0) is 17.8. The van der Waals surface area contributed by atoms with Gasteiger partial charge in [0, 0.05) is 28.4 Å². The van der Waals surface area contributed by atoms with Crippen molar-refractivity contribution in [2.24, 2.45) is 5.92 Å². The fourth-order valence-corrected chi connectivity index (χ4v) is 5.33. The van der Waals surface area contributed by atoms with Crippen LogP contribution in [0.5, 0.6) is 0 Å². The molecule has 3 rings (SSSR count). The monoisotopic (exact) mass is 379 g/mol. The highest BCUT2D eigenvalue weighted by Crippen LogP contribution is 2.35. The van der Waals surface area contributed by atoms with Crippen molar-refractivity contribution < 1.29 is 9.32 Å². The number of nitrogens with zero attached hydrogens (tertiary/aromatic N) is 2. The highest BCUT2D eigenvalue weighted by Gasteiger charge is 2.25. The quantitative estimate of drug-likeness (QED) is 0.802. The van der Waals surface area contributed by atoms with Crippen molar-refractivity contribution in [1.29, 1.82) is 0 Å². The molecule has 2 aromatic rings. The van der Waals surface area contributed by atoms with Crippen LogP contribution in [0.3, 0.4) is 0 Å². The number of hydrogen-bond donors (Lipinski definition) is 1. The maximum absolute atomic E-state index is 12.3. The number of aryl methyl sites for hydroxylation is 1. The van der Waals surface area contributed by atoms with Crippen LogP contribution < -0.4 is 5.32 Å². The Hall–Kier alpha value is -1.34. The topological polar surface area (TPSA) is 68.0 Å². The standard InChI is InChI=1S/C18H25N3O2S2/c1-11(2)8-14-9-16(23-21-14)17(22)20-13-4-6-15(7-5-13)25-18-19-12(3)10-24-18/h9-11,13,15H,4-8H2,1-3H3,(H,20,22). The summed E-state index contributed by atoms with van der Waals surface area (Å²) in [5.41, 5.74) is 1.94. The molecule has 0 radical (unpaired) electrons. The number of amides is 1. The lowest BCUT2D eigenvalue weighted by Crippen LogP contribution is -2.38. The van der Waals surface area contributed by atoms with E-state index >= 15 is 0 Å². The molecule has 1 saturated carbocycles. The summed E-state index contributed by atoms with van der Waals surface area (Å²) in [6.45, 7) is 6.28. The Morgan fingerprint density at radius 3 is 2.80 bits per heavy atom. The van der Waals surface area contributed by atoms with Gasteiger partial charge in [-0.1, -0.05) is 30.8 Å². The summed E-state index contributed by atoms with van der Waals surface area (Å²) in [6.07, 6.45) is 5.03. The van der Waals surface area contributed by atoms with Gasteiger partial charge in [0.2, 0.25) is 5.76 Å². The lowest BCUT2D eigenvalue weighted by molar-refractivity contribution is 0.0890. The summed E-state index contributed by atoms with van der Waals surface area (Å²) in [4.78, 5) is 16.9. The predicted molar refractivity (Wildman–Crippen MR) is 101 cm³/mol. The minimum atomic E-state index is -0.144. The molecule has 0 saturated heterocycles. The van der Waals surface area contributed by atoms with Crippen molar-refractivity contribution in [3.8, 4) is 0 Å². The van der Waals surface area contributed by atoms with Crippen LogP contribution in [0.1, 0.15) is 61.5 Å². The number of rotatable bonds is 6. The first-order valence-corrected chi connectivity index (χ1v) is 10.6. The molecule has 0 spiro atoms. The molecule has 7 heteroatoms. The van der Waals surface area contributed by atoms with Crippen molar-refractivity contribution in [2.75, 3.05) is 0 Å². The Kier molecular flexibility index (Phi) is 6.17. The Morgan fingerprint density at radius 2 is 2.16 bits per heavy atom. The van der Waals surface area contributed by atoms with E-state index in [2.05, 4.69) is 34.7 Å². The molecule has 2 heterocycles. The molecule has 0 aromatic carbocycles. The van der Waals surface area contributed by atoms with Gasteiger partial charge >= 0.3 is 0 Å². The van der Waals surface area contributed by atoms with Crippen LogP contribution in [0.15, 0.2) is 20.3 Å². The molecule has 1 aliphatic rings. The van der Waals surface area contributed by atoms with E-state index in [0.29, 0.717) is 16.9 Å². The third-order valence-corrected chi connectivity index (χ3v) is 6.70. The van der Waals surface area contributed by atoms with Gasteiger partial charge in [-0.25, -0.2) is 4.98 Å². The molecular formula is C18H25N3O2S2. The van der Waals surface area contributed by atoms with Crippen molar-refractivity contribution in [3.05, 3.63) is 28.6 Å². The van der Waals surface area contributed by atoms with E-state index in [1.54, 1.807) is 17.4 Å². The minimum Gasteiger partial charge on any atom is -0.351 e. The van der Waals surface area contributed by atoms with Crippen LogP contribution in [0, 0.1) is 12.8 Å². The van der Waals surface area contributed by atoms with Crippen molar-refractivity contribution >= 4 is 29.0 Å². The highest BCUT2D eigenvalue weighted by molar-refractivity contribution is 8.01. The molecule has 136 valence electrons. The van der Waals surface area contributed by atoms with Gasteiger partial charge in [-0.15, -0.1) is 11.3 Å². The fraction of sp³-hybridized carbons (Fsp3) is 0.611. The lowest BCUT2D eigenvalue weighted by Gasteiger charge is -2.27. The largest absolute Gasteiger partial charge is 0.351 e. The Labute approximate surface area is 157 Å². The zero-order valence-corrected chi connectivity index (χ0v) is 16.6. The second-order valence-electron chi connectivity index (χ2n) is 7.10. The first-order valence-electron chi connectivity index (χ1n) is 8.85. The Morgan fingerprint density at radius 1 is 1.40 bits per heavy atom. The van der Waals surface area contributed by atoms with E-state index in [-0.39, 0.29) is 11.9 Å². The number of aromatic nitrogens is 2. The van der Waals surface area contributed by atoms with E-state index in [9.17, 15) is 4.79 Å². The summed E-state index contributed by atoms with van der Waals surface area (Å²) >= 11 is 3.60. The molecule has 1 fully saturated rings. The Balaban J connectivity index is 1.45. The third-order valence-electron chi connectivity index (χ3n) is 4.27. The molecule has 5 nitrogen and oxygen atoms in total.